The quantitative estimate of drug-likeness (QED) is 0.464. The number of hydrogen-bond donors (Lipinski definition) is 2. The van der Waals surface area contributed by atoms with Gasteiger partial charge in [0.05, 0.1) is 6.61 Å². The second-order valence-corrected chi connectivity index (χ2v) is 8.78. The highest BCUT2D eigenvalue weighted by atomic mass is 16.5. The van der Waals surface area contributed by atoms with Gasteiger partial charge >= 0.3 is 0 Å². The average Bonchev–Trinajstić information content (AvgIpc) is 2.85. The molecule has 0 heterocycles. The Morgan fingerprint density at radius 1 is 1.03 bits per heavy atom. The second kappa shape index (κ2) is 13.4. The van der Waals surface area contributed by atoms with Gasteiger partial charge in [0.15, 0.2) is 0 Å². The Morgan fingerprint density at radius 2 is 1.78 bits per heavy atom. The van der Waals surface area contributed by atoms with Crippen LogP contribution in [0.25, 0.3) is 0 Å². The smallest absolute Gasteiger partial charge is 0.251 e. The normalized spacial score (nSPS) is 16.4. The summed E-state index contributed by atoms with van der Waals surface area (Å²) in [5.41, 5.74) is 8.69. The van der Waals surface area contributed by atoms with Crippen molar-refractivity contribution in [3.05, 3.63) is 71.3 Å². The predicted octanol–water partition coefficient (Wildman–Crippen LogP) is 4.86. The average molecular weight is 439 g/mol. The summed E-state index contributed by atoms with van der Waals surface area (Å²) in [4.78, 5) is 13.0. The fourth-order valence-corrected chi connectivity index (χ4v) is 4.57. The van der Waals surface area contributed by atoms with Gasteiger partial charge in [-0.3, -0.25) is 4.79 Å². The van der Waals surface area contributed by atoms with E-state index in [1.807, 2.05) is 42.5 Å². The van der Waals surface area contributed by atoms with Gasteiger partial charge in [-0.15, -0.1) is 0 Å². The summed E-state index contributed by atoms with van der Waals surface area (Å²) in [5.74, 6) is 0.608. The Kier molecular flexibility index (Phi) is 10.2. The molecule has 5 heteroatoms. The summed E-state index contributed by atoms with van der Waals surface area (Å²) in [7, 11) is 1.69. The van der Waals surface area contributed by atoms with E-state index in [4.69, 9.17) is 15.2 Å². The van der Waals surface area contributed by atoms with Crippen molar-refractivity contribution in [3.8, 4) is 0 Å². The molecule has 0 saturated heterocycles. The lowest BCUT2D eigenvalue weighted by molar-refractivity contribution is 0.0616. The van der Waals surface area contributed by atoms with E-state index in [2.05, 4.69) is 17.4 Å². The van der Waals surface area contributed by atoms with Gasteiger partial charge in [-0.25, -0.2) is 0 Å². The molecule has 2 aromatic carbocycles. The third-order valence-electron chi connectivity index (χ3n) is 6.29. The Balaban J connectivity index is 1.69. The number of nitrogens with one attached hydrogen (secondary N) is 1. The van der Waals surface area contributed by atoms with Gasteiger partial charge in [0.1, 0.15) is 6.10 Å². The Bertz CT molecular complexity index is 806. The van der Waals surface area contributed by atoms with Crippen LogP contribution in [0.2, 0.25) is 0 Å². The minimum atomic E-state index is -0.228. The van der Waals surface area contributed by atoms with Crippen molar-refractivity contribution in [3.63, 3.8) is 0 Å². The van der Waals surface area contributed by atoms with Crippen LogP contribution in [0, 0.1) is 5.92 Å². The summed E-state index contributed by atoms with van der Waals surface area (Å²) >= 11 is 0. The van der Waals surface area contributed by atoms with E-state index in [1.165, 1.54) is 32.1 Å². The number of benzene rings is 2. The van der Waals surface area contributed by atoms with Crippen LogP contribution in [0.4, 0.5) is 0 Å². The van der Waals surface area contributed by atoms with Crippen molar-refractivity contribution in [1.82, 2.24) is 5.32 Å². The molecule has 2 atom stereocenters. The zero-order chi connectivity index (χ0) is 22.6. The third-order valence-corrected chi connectivity index (χ3v) is 6.29. The first-order valence-electron chi connectivity index (χ1n) is 12.0. The summed E-state index contributed by atoms with van der Waals surface area (Å²) in [6.07, 6.45) is 7.98. The molecule has 1 aliphatic carbocycles. The number of amides is 1. The molecule has 3 N–H and O–H groups in total. The van der Waals surface area contributed by atoms with E-state index in [0.29, 0.717) is 31.2 Å². The van der Waals surface area contributed by atoms with E-state index in [1.54, 1.807) is 7.11 Å². The molecule has 1 saturated carbocycles. The highest BCUT2D eigenvalue weighted by Gasteiger charge is 2.21. The van der Waals surface area contributed by atoms with Gasteiger partial charge in [0.25, 0.3) is 5.91 Å². The molecule has 2 unspecified atom stereocenters. The van der Waals surface area contributed by atoms with E-state index >= 15 is 0 Å². The largest absolute Gasteiger partial charge is 0.385 e. The maximum absolute atomic E-state index is 13.0. The minimum absolute atomic E-state index is 0.0180. The van der Waals surface area contributed by atoms with Crippen LogP contribution in [-0.4, -0.2) is 38.8 Å². The molecule has 1 amide bonds. The summed E-state index contributed by atoms with van der Waals surface area (Å²) < 4.78 is 11.4. The third kappa shape index (κ3) is 7.44. The summed E-state index contributed by atoms with van der Waals surface area (Å²) in [6.45, 7) is 1.71. The van der Waals surface area contributed by atoms with Crippen molar-refractivity contribution in [1.29, 1.82) is 0 Å². The van der Waals surface area contributed by atoms with Crippen LogP contribution in [-0.2, 0) is 9.47 Å². The van der Waals surface area contributed by atoms with Crippen molar-refractivity contribution in [2.24, 2.45) is 11.7 Å². The highest BCUT2D eigenvalue weighted by Crippen LogP contribution is 2.28. The van der Waals surface area contributed by atoms with Gasteiger partial charge in [0, 0.05) is 31.9 Å². The zero-order valence-corrected chi connectivity index (χ0v) is 19.3. The molecule has 2 aromatic rings. The van der Waals surface area contributed by atoms with Gasteiger partial charge in [-0.2, -0.15) is 0 Å². The molecule has 1 aliphatic rings. The highest BCUT2D eigenvalue weighted by molar-refractivity contribution is 5.94. The van der Waals surface area contributed by atoms with Gasteiger partial charge < -0.3 is 20.5 Å². The van der Waals surface area contributed by atoms with E-state index in [9.17, 15) is 4.79 Å². The first-order chi connectivity index (χ1) is 15.7. The lowest BCUT2D eigenvalue weighted by Crippen LogP contribution is -2.41. The van der Waals surface area contributed by atoms with Crippen LogP contribution in [0.1, 0.15) is 72.5 Å². The fraction of sp³-hybridized carbons (Fsp3) is 0.519. The molecule has 5 nitrogen and oxygen atoms in total. The number of nitrogens with two attached hydrogens (primary N) is 1. The molecule has 0 aliphatic heterocycles. The molecule has 174 valence electrons. The number of rotatable bonds is 12. The monoisotopic (exact) mass is 438 g/mol. The standard InChI is InChI=1S/C27H38N2O3/c1-31-16-9-17-32-26(22-12-6-3-7-13-22)23-14-8-15-24(19-23)27(30)29-25(20-28)18-21-10-4-2-5-11-21/h3,6-8,12-15,19,21,25-26H,2,4-5,9-11,16-18,20,28H2,1H3,(H,29,30). The molecular weight excluding hydrogens is 400 g/mol. The molecular formula is C27H38N2O3. The topological polar surface area (TPSA) is 73.6 Å². The summed E-state index contributed by atoms with van der Waals surface area (Å²) in [5, 5.41) is 3.17. The lowest BCUT2D eigenvalue weighted by atomic mass is 9.85. The van der Waals surface area contributed by atoms with Crippen LogP contribution in [0.5, 0.6) is 0 Å². The summed E-state index contributed by atoms with van der Waals surface area (Å²) in [6, 6.07) is 17.9. The van der Waals surface area contributed by atoms with E-state index in [0.717, 1.165) is 24.0 Å². The van der Waals surface area contributed by atoms with E-state index in [-0.39, 0.29) is 18.1 Å². The van der Waals surface area contributed by atoms with Gasteiger partial charge in [0.2, 0.25) is 0 Å². The van der Waals surface area contributed by atoms with Crippen molar-refractivity contribution in [2.45, 2.75) is 57.1 Å². The van der Waals surface area contributed by atoms with Gasteiger partial charge in [-0.1, -0.05) is 74.6 Å². The molecule has 32 heavy (non-hydrogen) atoms. The fourth-order valence-electron chi connectivity index (χ4n) is 4.57. The predicted molar refractivity (Wildman–Crippen MR) is 129 cm³/mol. The number of carbonyl (C=O) groups excluding carboxylic acids is 1. The first kappa shape index (κ1) is 24.4. The maximum atomic E-state index is 13.0. The van der Waals surface area contributed by atoms with Crippen LogP contribution in [0.3, 0.4) is 0 Å². The maximum Gasteiger partial charge on any atom is 0.251 e. The van der Waals surface area contributed by atoms with Crippen LogP contribution < -0.4 is 11.1 Å². The van der Waals surface area contributed by atoms with Crippen molar-refractivity contribution >= 4 is 5.91 Å². The van der Waals surface area contributed by atoms with Crippen LogP contribution in [0.15, 0.2) is 54.6 Å². The zero-order valence-electron chi connectivity index (χ0n) is 19.3. The number of carbonyl (C=O) groups is 1. The number of ether oxygens (including phenoxy) is 2. The molecule has 0 bridgehead atoms. The molecule has 0 spiro atoms. The van der Waals surface area contributed by atoms with Crippen LogP contribution >= 0.6 is 0 Å². The lowest BCUT2D eigenvalue weighted by Gasteiger charge is -2.26. The molecule has 0 radical (unpaired) electrons. The molecule has 0 aromatic heterocycles. The second-order valence-electron chi connectivity index (χ2n) is 8.78. The van der Waals surface area contributed by atoms with Crippen molar-refractivity contribution < 1.29 is 14.3 Å². The van der Waals surface area contributed by atoms with Gasteiger partial charge in [-0.05, 0) is 42.0 Å². The minimum Gasteiger partial charge on any atom is -0.385 e. The van der Waals surface area contributed by atoms with E-state index < -0.39 is 0 Å². The first-order valence-corrected chi connectivity index (χ1v) is 12.0. The van der Waals surface area contributed by atoms with Crippen molar-refractivity contribution in [2.75, 3.05) is 26.9 Å². The number of methoxy groups -OCH3 is 1. The Labute approximate surface area is 192 Å². The Morgan fingerprint density at radius 3 is 2.50 bits per heavy atom. The molecule has 1 fully saturated rings. The SMILES string of the molecule is COCCCOC(c1ccccc1)c1cccc(C(=O)NC(CN)CC2CCCCC2)c1. The molecule has 3 rings (SSSR count). The Hall–Kier alpha value is -2.21. The number of hydrogen-bond acceptors (Lipinski definition) is 4.